The maximum Gasteiger partial charge on any atom is 0.417 e. The number of carbonyl (C=O) groups excluding carboxylic acids is 2. The van der Waals surface area contributed by atoms with Crippen molar-refractivity contribution in [2.24, 2.45) is 0 Å². The number of carbonyl (C=O) groups is 2. The number of aromatic nitrogens is 1. The predicted octanol–water partition coefficient (Wildman–Crippen LogP) is 6.18. The van der Waals surface area contributed by atoms with E-state index in [0.29, 0.717) is 11.6 Å². The van der Waals surface area contributed by atoms with E-state index in [1.54, 1.807) is 13.8 Å². The number of aryl methyl sites for hydroxylation is 1. The quantitative estimate of drug-likeness (QED) is 0.433. The molecule has 0 bridgehead atoms. The molecule has 1 saturated heterocycles. The molecule has 34 heavy (non-hydrogen) atoms. The molecule has 1 aliphatic rings. The van der Waals surface area contributed by atoms with Crippen LogP contribution in [0.25, 0.3) is 6.08 Å². The fourth-order valence-electron chi connectivity index (χ4n) is 3.55. The smallest absolute Gasteiger partial charge is 0.417 e. The summed E-state index contributed by atoms with van der Waals surface area (Å²) >= 11 is 0. The van der Waals surface area contributed by atoms with Gasteiger partial charge in [-0.1, -0.05) is 51.1 Å². The van der Waals surface area contributed by atoms with Gasteiger partial charge in [0.05, 0.1) is 12.5 Å². The second kappa shape index (κ2) is 9.83. The van der Waals surface area contributed by atoms with Gasteiger partial charge in [0.25, 0.3) is 0 Å². The lowest BCUT2D eigenvalue weighted by molar-refractivity contribution is -0.130. The molecule has 0 N–H and O–H groups in total. The fraction of sp³-hybridized carbons (Fsp3) is 0.480. The molecule has 0 aliphatic carbocycles. The van der Waals surface area contributed by atoms with E-state index in [9.17, 15) is 9.59 Å². The number of hydrogen-bond acceptors (Lipinski definition) is 6. The average Bonchev–Trinajstić information content (AvgIpc) is 3.28. The Balaban J connectivity index is 1.85. The van der Waals surface area contributed by atoms with Gasteiger partial charge >= 0.3 is 6.09 Å². The molecule has 0 saturated carbocycles. The summed E-state index contributed by atoms with van der Waals surface area (Å²) in [6.07, 6.45) is -0.289. The van der Waals surface area contributed by atoms with Crippen LogP contribution in [-0.4, -0.2) is 42.3 Å². The van der Waals surface area contributed by atoms with Crippen molar-refractivity contribution in [2.75, 3.05) is 0 Å². The number of benzene rings is 1. The van der Waals surface area contributed by atoms with Crippen molar-refractivity contribution in [2.45, 2.75) is 77.4 Å². The molecular formula is C25H33FN2O5Si. The second-order valence-corrected chi connectivity index (χ2v) is 14.9. The molecule has 1 aliphatic heterocycles. The third-order valence-corrected chi connectivity index (χ3v) is 11.0. The molecule has 1 aromatic carbocycles. The summed E-state index contributed by atoms with van der Waals surface area (Å²) in [5.41, 5.74) is 1.09. The van der Waals surface area contributed by atoms with Gasteiger partial charge in [-0.2, -0.15) is 0 Å². The highest BCUT2D eigenvalue weighted by molar-refractivity contribution is 6.74. The van der Waals surface area contributed by atoms with E-state index in [1.165, 1.54) is 12.3 Å². The van der Waals surface area contributed by atoms with Gasteiger partial charge in [-0.15, -0.1) is 0 Å². The van der Waals surface area contributed by atoms with Crippen LogP contribution in [0.3, 0.4) is 0 Å². The van der Waals surface area contributed by atoms with E-state index in [2.05, 4.69) is 4.98 Å². The van der Waals surface area contributed by atoms with Crippen molar-refractivity contribution in [3.8, 4) is 0 Å². The van der Waals surface area contributed by atoms with Crippen LogP contribution < -0.4 is 0 Å². The molecule has 3 atom stereocenters. The number of cyclic esters (lactones) is 1. The number of amides is 2. The molecule has 9 heteroatoms. The summed E-state index contributed by atoms with van der Waals surface area (Å²) in [6.45, 7) is 13.5. The van der Waals surface area contributed by atoms with Crippen LogP contribution in [0.5, 0.6) is 0 Å². The standard InChI is InChI=1S/C25H33FN2O5Si/c1-16-23(18-11-9-8-10-12-18)32-24(30)28(16)22(29)14-21(33-34(6,7)25(3,4)5)20(26)13-19-15-31-17(2)27-19/h8-13,15-16,21,23H,14H2,1-7H3/t16-,21-,23-/m0/s1. The first-order chi connectivity index (χ1) is 15.8. The molecule has 2 amide bonds. The number of nitrogens with zero attached hydrogens (tertiary/aromatic N) is 2. The Morgan fingerprint density at radius 2 is 1.94 bits per heavy atom. The van der Waals surface area contributed by atoms with Crippen LogP contribution in [0.1, 0.15) is 57.4 Å². The lowest BCUT2D eigenvalue weighted by Crippen LogP contribution is -2.46. The summed E-state index contributed by atoms with van der Waals surface area (Å²) in [5, 5.41) is -0.211. The van der Waals surface area contributed by atoms with Crippen LogP contribution in [0, 0.1) is 6.92 Å². The summed E-state index contributed by atoms with van der Waals surface area (Å²) in [7, 11) is -2.46. The average molecular weight is 489 g/mol. The maximum absolute atomic E-state index is 15.5. The van der Waals surface area contributed by atoms with E-state index in [4.69, 9.17) is 13.6 Å². The fourth-order valence-corrected chi connectivity index (χ4v) is 4.81. The first-order valence-corrected chi connectivity index (χ1v) is 14.3. The molecule has 0 unspecified atom stereocenters. The number of ether oxygens (including phenoxy) is 1. The van der Waals surface area contributed by atoms with Crippen molar-refractivity contribution >= 4 is 26.4 Å². The predicted molar refractivity (Wildman–Crippen MR) is 129 cm³/mol. The summed E-state index contributed by atoms with van der Waals surface area (Å²) < 4.78 is 32.4. The van der Waals surface area contributed by atoms with Crippen LogP contribution >= 0.6 is 0 Å². The Labute approximate surface area is 201 Å². The molecule has 2 aromatic rings. The highest BCUT2D eigenvalue weighted by Crippen LogP contribution is 2.39. The van der Waals surface area contributed by atoms with Gasteiger partial charge in [0.2, 0.25) is 5.91 Å². The maximum atomic E-state index is 15.5. The van der Waals surface area contributed by atoms with Crippen molar-refractivity contribution < 1.29 is 27.6 Å². The van der Waals surface area contributed by atoms with Gasteiger partial charge in [-0.05, 0) is 30.6 Å². The molecule has 0 radical (unpaired) electrons. The Kier molecular flexibility index (Phi) is 7.47. The number of imide groups is 1. The van der Waals surface area contributed by atoms with Crippen LogP contribution in [0.4, 0.5) is 9.18 Å². The molecule has 2 heterocycles. The topological polar surface area (TPSA) is 81.9 Å². The van der Waals surface area contributed by atoms with Crippen LogP contribution in [0.15, 0.2) is 46.8 Å². The summed E-state index contributed by atoms with van der Waals surface area (Å²) in [4.78, 5) is 31.1. The first kappa shape index (κ1) is 25.8. The zero-order chi connectivity index (χ0) is 25.3. The number of halogens is 1. The van der Waals surface area contributed by atoms with Crippen molar-refractivity contribution in [3.05, 3.63) is 59.6 Å². The van der Waals surface area contributed by atoms with E-state index in [1.807, 2.05) is 64.2 Å². The Morgan fingerprint density at radius 1 is 1.29 bits per heavy atom. The van der Waals surface area contributed by atoms with Gasteiger partial charge in [-0.3, -0.25) is 4.79 Å². The summed E-state index contributed by atoms with van der Waals surface area (Å²) in [6, 6.07) is 8.69. The molecule has 1 aromatic heterocycles. The number of hydrogen-bond donors (Lipinski definition) is 0. The largest absolute Gasteiger partial charge is 0.449 e. The number of rotatable bonds is 7. The van der Waals surface area contributed by atoms with Gasteiger partial charge in [-0.25, -0.2) is 19.1 Å². The first-order valence-electron chi connectivity index (χ1n) is 11.3. The van der Waals surface area contributed by atoms with Gasteiger partial charge in [0, 0.05) is 13.0 Å². The lowest BCUT2D eigenvalue weighted by Gasteiger charge is -2.39. The molecule has 3 rings (SSSR count). The van der Waals surface area contributed by atoms with E-state index in [0.717, 1.165) is 10.5 Å². The summed E-state index contributed by atoms with van der Waals surface area (Å²) in [5.74, 6) is -0.802. The Bertz CT molecular complexity index is 1060. The van der Waals surface area contributed by atoms with Crippen molar-refractivity contribution in [1.82, 2.24) is 9.88 Å². The lowest BCUT2D eigenvalue weighted by atomic mass is 10.0. The molecule has 0 spiro atoms. The van der Waals surface area contributed by atoms with Crippen molar-refractivity contribution in [3.63, 3.8) is 0 Å². The normalized spacial score (nSPS) is 20.4. The highest BCUT2D eigenvalue weighted by atomic mass is 28.4. The molecule has 1 fully saturated rings. The molecular weight excluding hydrogens is 455 g/mol. The minimum absolute atomic E-state index is 0.211. The number of oxazole rings is 1. The second-order valence-electron chi connectivity index (χ2n) is 10.1. The van der Waals surface area contributed by atoms with Gasteiger partial charge < -0.3 is 13.6 Å². The SMILES string of the molecule is Cc1nc(C=C(F)[C@H](CC(=O)N2C(=O)O[C@H](c3ccccc3)[C@@H]2C)O[Si](C)(C)C(C)(C)C)co1. The Hall–Kier alpha value is -2.78. The van der Waals surface area contributed by atoms with Gasteiger partial charge in [0.1, 0.15) is 30.0 Å². The van der Waals surface area contributed by atoms with E-state index >= 15 is 4.39 Å². The van der Waals surface area contributed by atoms with Gasteiger partial charge in [0.15, 0.2) is 14.2 Å². The molecule has 7 nitrogen and oxygen atoms in total. The minimum Gasteiger partial charge on any atom is -0.449 e. The van der Waals surface area contributed by atoms with E-state index in [-0.39, 0.29) is 11.5 Å². The zero-order valence-corrected chi connectivity index (χ0v) is 21.8. The minimum atomic E-state index is -2.46. The molecule has 184 valence electrons. The highest BCUT2D eigenvalue weighted by Gasteiger charge is 2.45. The zero-order valence-electron chi connectivity index (χ0n) is 20.8. The third kappa shape index (κ3) is 5.64. The van der Waals surface area contributed by atoms with Crippen molar-refractivity contribution in [1.29, 1.82) is 0 Å². The van der Waals surface area contributed by atoms with E-state index < -0.39 is 44.4 Å². The van der Waals surface area contributed by atoms with Crippen LogP contribution in [-0.2, 0) is 14.0 Å². The Morgan fingerprint density at radius 3 is 2.50 bits per heavy atom. The monoisotopic (exact) mass is 488 g/mol. The van der Waals surface area contributed by atoms with Crippen LogP contribution in [0.2, 0.25) is 18.1 Å². The third-order valence-electron chi connectivity index (χ3n) is 6.50.